The van der Waals surface area contributed by atoms with Gasteiger partial charge < -0.3 is 10.2 Å². The van der Waals surface area contributed by atoms with E-state index in [-0.39, 0.29) is 42.6 Å². The van der Waals surface area contributed by atoms with Gasteiger partial charge in [0.1, 0.15) is 0 Å². The van der Waals surface area contributed by atoms with Gasteiger partial charge in [0.2, 0.25) is 21.8 Å². The van der Waals surface area contributed by atoms with Crippen LogP contribution in [0.1, 0.15) is 12.8 Å². The van der Waals surface area contributed by atoms with Crippen LogP contribution in [0.3, 0.4) is 0 Å². The summed E-state index contributed by atoms with van der Waals surface area (Å²) in [6, 6.07) is 0. The molecule has 1 N–H and O–H groups in total. The molecule has 0 bridgehead atoms. The first kappa shape index (κ1) is 12.9. The van der Waals surface area contributed by atoms with Crippen molar-refractivity contribution in [2.24, 2.45) is 5.92 Å². The number of hydrogen-bond acceptors (Lipinski definition) is 4. The molecular formula is C11H17N3O4S. The van der Waals surface area contributed by atoms with E-state index in [4.69, 9.17) is 0 Å². The van der Waals surface area contributed by atoms with Crippen molar-refractivity contribution in [3.05, 3.63) is 0 Å². The van der Waals surface area contributed by atoms with Crippen LogP contribution >= 0.6 is 0 Å². The van der Waals surface area contributed by atoms with E-state index in [0.717, 1.165) is 12.8 Å². The van der Waals surface area contributed by atoms with Crippen LogP contribution in [0.15, 0.2) is 0 Å². The Labute approximate surface area is 112 Å². The summed E-state index contributed by atoms with van der Waals surface area (Å²) in [5.74, 6) is -0.530. The van der Waals surface area contributed by atoms with Crippen LogP contribution in [-0.4, -0.2) is 67.4 Å². The highest BCUT2D eigenvalue weighted by Crippen LogP contribution is 2.34. The zero-order valence-electron chi connectivity index (χ0n) is 10.5. The molecule has 2 saturated heterocycles. The quantitative estimate of drug-likeness (QED) is 0.675. The molecule has 7 nitrogen and oxygen atoms in total. The fourth-order valence-electron chi connectivity index (χ4n) is 2.46. The van der Waals surface area contributed by atoms with Crippen molar-refractivity contribution in [1.29, 1.82) is 0 Å². The van der Waals surface area contributed by atoms with E-state index >= 15 is 0 Å². The number of hydrogen-bond donors (Lipinski definition) is 1. The lowest BCUT2D eigenvalue weighted by atomic mass is 10.0. The molecule has 0 unspecified atom stereocenters. The predicted octanol–water partition coefficient (Wildman–Crippen LogP) is -1.63. The standard InChI is InChI=1S/C11H17N3O4S/c15-10-7-13(4-3-12-10)11(16)8-5-14(6-8)19(17,18)9-1-2-9/h8-9H,1-7H2,(H,12,15). The lowest BCUT2D eigenvalue weighted by Crippen LogP contribution is -2.59. The molecule has 1 aliphatic carbocycles. The van der Waals surface area contributed by atoms with Gasteiger partial charge in [-0.3, -0.25) is 9.59 Å². The van der Waals surface area contributed by atoms with Crippen LogP contribution in [0.25, 0.3) is 0 Å². The third kappa shape index (κ3) is 2.34. The van der Waals surface area contributed by atoms with Gasteiger partial charge in [-0.05, 0) is 12.8 Å². The zero-order chi connectivity index (χ0) is 13.6. The van der Waals surface area contributed by atoms with E-state index in [0.29, 0.717) is 13.1 Å². The highest BCUT2D eigenvalue weighted by atomic mass is 32.2. The third-order valence-electron chi connectivity index (χ3n) is 3.85. The molecular weight excluding hydrogens is 270 g/mol. The number of carbonyl (C=O) groups is 2. The lowest BCUT2D eigenvalue weighted by Gasteiger charge is -2.40. The van der Waals surface area contributed by atoms with Crippen LogP contribution in [0.5, 0.6) is 0 Å². The van der Waals surface area contributed by atoms with Crippen LogP contribution in [0.4, 0.5) is 0 Å². The van der Waals surface area contributed by atoms with Gasteiger partial charge in [0.15, 0.2) is 0 Å². The summed E-state index contributed by atoms with van der Waals surface area (Å²) in [6.45, 7) is 1.62. The van der Waals surface area contributed by atoms with Crippen molar-refractivity contribution in [2.45, 2.75) is 18.1 Å². The highest BCUT2D eigenvalue weighted by molar-refractivity contribution is 7.90. The molecule has 3 aliphatic rings. The first-order valence-corrected chi connectivity index (χ1v) is 8.03. The highest BCUT2D eigenvalue weighted by Gasteiger charge is 2.47. The molecule has 2 heterocycles. The van der Waals surface area contributed by atoms with Gasteiger partial charge in [0.05, 0.1) is 17.7 Å². The number of sulfonamides is 1. The number of rotatable bonds is 3. The summed E-state index contributed by atoms with van der Waals surface area (Å²) in [5, 5.41) is 2.44. The second kappa shape index (κ2) is 4.45. The average Bonchev–Trinajstić information content (AvgIpc) is 3.10. The molecule has 3 fully saturated rings. The molecule has 0 radical (unpaired) electrons. The SMILES string of the molecule is O=C1CN(C(=O)C2CN(S(=O)(=O)C3CC3)C2)CCN1. The molecule has 0 aromatic carbocycles. The second-order valence-electron chi connectivity index (χ2n) is 5.37. The van der Waals surface area contributed by atoms with Gasteiger partial charge in [-0.1, -0.05) is 0 Å². The lowest BCUT2D eigenvalue weighted by molar-refractivity contribution is -0.144. The van der Waals surface area contributed by atoms with Crippen molar-refractivity contribution in [3.63, 3.8) is 0 Å². The maximum atomic E-state index is 12.1. The number of piperazine rings is 1. The summed E-state index contributed by atoms with van der Waals surface area (Å²) in [4.78, 5) is 24.8. The van der Waals surface area contributed by atoms with Crippen molar-refractivity contribution < 1.29 is 18.0 Å². The van der Waals surface area contributed by atoms with Crippen LogP contribution in [0.2, 0.25) is 0 Å². The minimum atomic E-state index is -3.15. The first-order valence-electron chi connectivity index (χ1n) is 6.53. The monoisotopic (exact) mass is 287 g/mol. The first-order chi connectivity index (χ1) is 8.98. The van der Waals surface area contributed by atoms with Crippen LogP contribution in [0, 0.1) is 5.92 Å². The summed E-state index contributed by atoms with van der Waals surface area (Å²) in [5.41, 5.74) is 0. The Morgan fingerprint density at radius 1 is 1.26 bits per heavy atom. The van der Waals surface area contributed by atoms with Gasteiger partial charge in [-0.15, -0.1) is 0 Å². The van der Waals surface area contributed by atoms with Crippen molar-refractivity contribution >= 4 is 21.8 Å². The fourth-order valence-corrected chi connectivity index (χ4v) is 4.39. The summed E-state index contributed by atoms with van der Waals surface area (Å²) in [7, 11) is -3.15. The Kier molecular flexibility index (Phi) is 3.01. The van der Waals surface area contributed by atoms with Crippen molar-refractivity contribution in [2.75, 3.05) is 32.7 Å². The van der Waals surface area contributed by atoms with Gasteiger partial charge in [0, 0.05) is 26.2 Å². The maximum Gasteiger partial charge on any atom is 0.239 e. The van der Waals surface area contributed by atoms with Crippen molar-refractivity contribution in [3.8, 4) is 0 Å². The fraction of sp³-hybridized carbons (Fsp3) is 0.818. The molecule has 1 saturated carbocycles. The Balaban J connectivity index is 1.55. The molecule has 19 heavy (non-hydrogen) atoms. The van der Waals surface area contributed by atoms with Gasteiger partial charge in [-0.25, -0.2) is 8.42 Å². The third-order valence-corrected chi connectivity index (χ3v) is 6.18. The normalized spacial score (nSPS) is 25.9. The molecule has 2 aliphatic heterocycles. The minimum Gasteiger partial charge on any atom is -0.353 e. The number of amides is 2. The number of carbonyl (C=O) groups excluding carboxylic acids is 2. The Bertz CT molecular complexity index is 508. The molecule has 0 aromatic rings. The topological polar surface area (TPSA) is 86.8 Å². The van der Waals surface area contributed by atoms with E-state index in [9.17, 15) is 18.0 Å². The molecule has 0 aromatic heterocycles. The number of nitrogens with one attached hydrogen (secondary N) is 1. The summed E-state index contributed by atoms with van der Waals surface area (Å²) >= 11 is 0. The summed E-state index contributed by atoms with van der Waals surface area (Å²) in [6.07, 6.45) is 1.48. The van der Waals surface area contributed by atoms with E-state index in [2.05, 4.69) is 5.32 Å². The van der Waals surface area contributed by atoms with E-state index < -0.39 is 10.0 Å². The Morgan fingerprint density at radius 2 is 1.95 bits per heavy atom. The largest absolute Gasteiger partial charge is 0.353 e. The van der Waals surface area contributed by atoms with Gasteiger partial charge in [-0.2, -0.15) is 4.31 Å². The second-order valence-corrected chi connectivity index (χ2v) is 7.58. The molecule has 106 valence electrons. The van der Waals surface area contributed by atoms with Crippen LogP contribution < -0.4 is 5.32 Å². The Hall–Kier alpha value is -1.15. The van der Waals surface area contributed by atoms with Gasteiger partial charge >= 0.3 is 0 Å². The maximum absolute atomic E-state index is 12.1. The molecule has 0 spiro atoms. The molecule has 8 heteroatoms. The van der Waals surface area contributed by atoms with Crippen molar-refractivity contribution in [1.82, 2.24) is 14.5 Å². The van der Waals surface area contributed by atoms with E-state index in [1.807, 2.05) is 0 Å². The minimum absolute atomic E-state index is 0.0880. The number of nitrogens with zero attached hydrogens (tertiary/aromatic N) is 2. The average molecular weight is 287 g/mol. The van der Waals surface area contributed by atoms with E-state index in [1.165, 1.54) is 9.21 Å². The van der Waals surface area contributed by atoms with E-state index in [1.54, 1.807) is 0 Å². The predicted molar refractivity (Wildman–Crippen MR) is 66.6 cm³/mol. The molecule has 2 amide bonds. The summed E-state index contributed by atoms with van der Waals surface area (Å²) < 4.78 is 25.2. The molecule has 0 atom stereocenters. The Morgan fingerprint density at radius 3 is 2.53 bits per heavy atom. The smallest absolute Gasteiger partial charge is 0.239 e. The van der Waals surface area contributed by atoms with Gasteiger partial charge in [0.25, 0.3) is 0 Å². The van der Waals surface area contributed by atoms with Crippen LogP contribution in [-0.2, 0) is 19.6 Å². The molecule has 3 rings (SSSR count). The zero-order valence-corrected chi connectivity index (χ0v) is 11.4.